The lowest BCUT2D eigenvalue weighted by Crippen LogP contribution is -2.22. The second-order valence-corrected chi connectivity index (χ2v) is 5.49. The summed E-state index contributed by atoms with van der Waals surface area (Å²) >= 11 is 1.56. The lowest BCUT2D eigenvalue weighted by atomic mass is 10.1. The van der Waals surface area contributed by atoms with Gasteiger partial charge in [0.25, 0.3) is 0 Å². The number of thiophene rings is 1. The molecule has 106 valence electrons. The summed E-state index contributed by atoms with van der Waals surface area (Å²) in [6.45, 7) is 1.88. The topological polar surface area (TPSA) is 80.9 Å². The van der Waals surface area contributed by atoms with Gasteiger partial charge in [-0.15, -0.1) is 11.3 Å². The first-order valence-electron chi connectivity index (χ1n) is 6.48. The summed E-state index contributed by atoms with van der Waals surface area (Å²) < 4.78 is 0. The maximum Gasteiger partial charge on any atom is 0.236 e. The van der Waals surface area contributed by atoms with Gasteiger partial charge < -0.3 is 11.1 Å². The zero-order chi connectivity index (χ0) is 14.8. The van der Waals surface area contributed by atoms with Gasteiger partial charge in [-0.25, -0.2) is 9.97 Å². The molecule has 0 saturated heterocycles. The molecule has 3 N–H and O–H groups in total. The van der Waals surface area contributed by atoms with Gasteiger partial charge in [-0.05, 0) is 12.5 Å². The molecular formula is C15H14N4OS. The van der Waals surface area contributed by atoms with Crippen LogP contribution in [0.4, 0.5) is 5.82 Å². The van der Waals surface area contributed by atoms with Gasteiger partial charge in [0.1, 0.15) is 16.5 Å². The summed E-state index contributed by atoms with van der Waals surface area (Å²) in [5, 5.41) is 5.99. The third kappa shape index (κ3) is 2.71. The van der Waals surface area contributed by atoms with E-state index in [1.807, 2.05) is 37.3 Å². The van der Waals surface area contributed by atoms with E-state index in [1.54, 1.807) is 11.3 Å². The summed E-state index contributed by atoms with van der Waals surface area (Å²) in [7, 11) is 0. The van der Waals surface area contributed by atoms with E-state index >= 15 is 0 Å². The fourth-order valence-electron chi connectivity index (χ4n) is 2.18. The summed E-state index contributed by atoms with van der Waals surface area (Å²) in [6, 6.07) is 10.0. The molecule has 5 nitrogen and oxygen atoms in total. The van der Waals surface area contributed by atoms with Gasteiger partial charge in [-0.3, -0.25) is 4.79 Å². The molecule has 1 aromatic carbocycles. The number of anilines is 1. The van der Waals surface area contributed by atoms with Gasteiger partial charge in [-0.2, -0.15) is 0 Å². The van der Waals surface area contributed by atoms with Gasteiger partial charge in [0.2, 0.25) is 5.91 Å². The molecule has 0 atom stereocenters. The van der Waals surface area contributed by atoms with Crippen LogP contribution >= 0.6 is 11.3 Å². The van der Waals surface area contributed by atoms with Gasteiger partial charge >= 0.3 is 0 Å². The average Bonchev–Trinajstić information content (AvgIpc) is 2.89. The predicted octanol–water partition coefficient (Wildman–Crippen LogP) is 2.56. The number of hydrogen-bond donors (Lipinski definition) is 2. The molecule has 2 aromatic heterocycles. The number of nitrogens with zero attached hydrogens (tertiary/aromatic N) is 2. The predicted molar refractivity (Wildman–Crippen MR) is 85.3 cm³/mol. The minimum absolute atomic E-state index is 0.0512. The van der Waals surface area contributed by atoms with E-state index in [4.69, 9.17) is 5.73 Å². The van der Waals surface area contributed by atoms with Crippen LogP contribution in [0.25, 0.3) is 21.3 Å². The second kappa shape index (κ2) is 5.49. The first kappa shape index (κ1) is 13.5. The van der Waals surface area contributed by atoms with E-state index in [-0.39, 0.29) is 6.54 Å². The minimum Gasteiger partial charge on any atom is -0.368 e. The molecule has 0 bridgehead atoms. The molecule has 1 amide bonds. The summed E-state index contributed by atoms with van der Waals surface area (Å²) in [6.07, 6.45) is 0. The van der Waals surface area contributed by atoms with E-state index < -0.39 is 5.91 Å². The molecule has 2 heterocycles. The number of nitrogens with two attached hydrogens (primary N) is 1. The maximum absolute atomic E-state index is 11.0. The molecule has 0 fully saturated rings. The van der Waals surface area contributed by atoms with Crippen molar-refractivity contribution in [2.45, 2.75) is 6.92 Å². The number of aryl methyl sites for hydroxylation is 1. The Balaban J connectivity index is 2.16. The number of carbonyl (C=O) groups excluding carboxylic acids is 1. The van der Waals surface area contributed by atoms with Crippen LogP contribution in [0.2, 0.25) is 0 Å². The Morgan fingerprint density at radius 3 is 2.76 bits per heavy atom. The Morgan fingerprint density at radius 2 is 2.05 bits per heavy atom. The first-order chi connectivity index (χ1) is 10.1. The molecule has 0 aliphatic rings. The van der Waals surface area contributed by atoms with Gasteiger partial charge in [0.15, 0.2) is 0 Å². The Labute approximate surface area is 125 Å². The number of nitrogens with one attached hydrogen (secondary N) is 1. The quantitative estimate of drug-likeness (QED) is 0.775. The highest BCUT2D eigenvalue weighted by molar-refractivity contribution is 7.17. The van der Waals surface area contributed by atoms with Crippen LogP contribution in [0.5, 0.6) is 0 Å². The van der Waals surface area contributed by atoms with Gasteiger partial charge in [0, 0.05) is 10.9 Å². The van der Waals surface area contributed by atoms with Crippen molar-refractivity contribution in [1.29, 1.82) is 0 Å². The van der Waals surface area contributed by atoms with E-state index in [9.17, 15) is 4.79 Å². The van der Waals surface area contributed by atoms with E-state index in [0.717, 1.165) is 21.3 Å². The van der Waals surface area contributed by atoms with Crippen molar-refractivity contribution in [1.82, 2.24) is 9.97 Å². The monoisotopic (exact) mass is 298 g/mol. The zero-order valence-electron chi connectivity index (χ0n) is 11.5. The minimum atomic E-state index is -0.420. The Kier molecular flexibility index (Phi) is 3.53. The fourth-order valence-corrected chi connectivity index (χ4v) is 3.17. The second-order valence-electron chi connectivity index (χ2n) is 4.63. The van der Waals surface area contributed by atoms with Crippen molar-refractivity contribution < 1.29 is 4.79 Å². The lowest BCUT2D eigenvalue weighted by molar-refractivity contribution is -0.116. The number of primary amides is 1. The Bertz CT molecular complexity index is 798. The van der Waals surface area contributed by atoms with E-state index in [1.165, 1.54) is 0 Å². The Hall–Kier alpha value is -2.47. The molecule has 0 aliphatic carbocycles. The number of aromatic nitrogens is 2. The van der Waals surface area contributed by atoms with Crippen LogP contribution in [0, 0.1) is 6.92 Å². The van der Waals surface area contributed by atoms with Crippen molar-refractivity contribution in [3.63, 3.8) is 0 Å². The maximum atomic E-state index is 11.0. The number of benzene rings is 1. The zero-order valence-corrected chi connectivity index (χ0v) is 12.3. The number of amides is 1. The third-order valence-electron chi connectivity index (χ3n) is 3.06. The van der Waals surface area contributed by atoms with Crippen LogP contribution in [0.3, 0.4) is 0 Å². The van der Waals surface area contributed by atoms with Crippen molar-refractivity contribution in [2.24, 2.45) is 5.73 Å². The molecule has 0 spiro atoms. The molecule has 3 rings (SSSR count). The third-order valence-corrected chi connectivity index (χ3v) is 3.93. The molecule has 0 unspecified atom stereocenters. The van der Waals surface area contributed by atoms with Gasteiger partial charge in [-0.1, -0.05) is 30.3 Å². The van der Waals surface area contributed by atoms with Crippen molar-refractivity contribution >= 4 is 33.3 Å². The lowest BCUT2D eigenvalue weighted by Gasteiger charge is -2.08. The van der Waals surface area contributed by atoms with E-state index in [2.05, 4.69) is 20.7 Å². The summed E-state index contributed by atoms with van der Waals surface area (Å²) in [4.78, 5) is 20.8. The summed E-state index contributed by atoms with van der Waals surface area (Å²) in [5.41, 5.74) is 7.36. The largest absolute Gasteiger partial charge is 0.368 e. The number of fused-ring (bicyclic) bond motifs is 1. The van der Waals surface area contributed by atoms with Crippen LogP contribution in [0.15, 0.2) is 35.7 Å². The van der Waals surface area contributed by atoms with Crippen molar-refractivity contribution in [3.05, 3.63) is 41.5 Å². The highest BCUT2D eigenvalue weighted by atomic mass is 32.1. The number of hydrogen-bond acceptors (Lipinski definition) is 5. The molecule has 21 heavy (non-hydrogen) atoms. The molecule has 6 heteroatoms. The molecule has 0 saturated carbocycles. The van der Waals surface area contributed by atoms with E-state index in [0.29, 0.717) is 11.6 Å². The van der Waals surface area contributed by atoms with Crippen molar-refractivity contribution in [2.75, 3.05) is 11.9 Å². The van der Waals surface area contributed by atoms with Crippen LogP contribution < -0.4 is 11.1 Å². The van der Waals surface area contributed by atoms with Crippen LogP contribution in [-0.2, 0) is 4.79 Å². The molecule has 0 radical (unpaired) electrons. The number of rotatable bonds is 4. The highest BCUT2D eigenvalue weighted by Gasteiger charge is 2.14. The average molecular weight is 298 g/mol. The first-order valence-corrected chi connectivity index (χ1v) is 7.36. The smallest absolute Gasteiger partial charge is 0.236 e. The fraction of sp³-hybridized carbons (Fsp3) is 0.133. The molecule has 0 aliphatic heterocycles. The van der Waals surface area contributed by atoms with Crippen LogP contribution in [0.1, 0.15) is 5.82 Å². The van der Waals surface area contributed by atoms with Crippen LogP contribution in [-0.4, -0.2) is 22.4 Å². The normalized spacial score (nSPS) is 10.7. The standard InChI is InChI=1S/C15H14N4OS/c1-9-18-14(17-7-12(16)20)13-11(8-21-15(13)19-9)10-5-3-2-4-6-10/h2-6,8H,7H2,1H3,(H2,16,20)(H,17,18,19). The van der Waals surface area contributed by atoms with Gasteiger partial charge in [0.05, 0.1) is 11.9 Å². The van der Waals surface area contributed by atoms with Crippen molar-refractivity contribution in [3.8, 4) is 11.1 Å². The molecular weight excluding hydrogens is 284 g/mol. The number of carbonyl (C=O) groups is 1. The SMILES string of the molecule is Cc1nc(NCC(N)=O)c2c(-c3ccccc3)csc2n1. The Morgan fingerprint density at radius 1 is 1.29 bits per heavy atom. The molecule has 3 aromatic rings. The highest BCUT2D eigenvalue weighted by Crippen LogP contribution is 2.36. The summed E-state index contributed by atoms with van der Waals surface area (Å²) in [5.74, 6) is 0.892.